The van der Waals surface area contributed by atoms with Gasteiger partial charge in [0.25, 0.3) is 0 Å². The van der Waals surface area contributed by atoms with Gasteiger partial charge in [-0.2, -0.15) is 0 Å². The van der Waals surface area contributed by atoms with E-state index in [9.17, 15) is 4.79 Å². The molecule has 0 amide bonds. The molecule has 0 spiro atoms. The van der Waals surface area contributed by atoms with Crippen LogP contribution in [0.3, 0.4) is 0 Å². The molecule has 2 unspecified atom stereocenters. The van der Waals surface area contributed by atoms with E-state index < -0.39 is 0 Å². The standard InChI is InChI=1S/C15H22N2O2/c1-11-8-14(16)6-7-17(11)10-12-4-3-5-13(9-12)15(18)19-2/h3-5,9,11,14H,6-8,10,16H2,1-2H3. The molecule has 1 aliphatic heterocycles. The first-order chi connectivity index (χ1) is 9.10. The second-order valence-electron chi connectivity index (χ2n) is 5.30. The zero-order chi connectivity index (χ0) is 13.8. The number of nitrogens with two attached hydrogens (primary N) is 1. The molecule has 1 aliphatic rings. The van der Waals surface area contributed by atoms with E-state index in [2.05, 4.69) is 11.8 Å². The Morgan fingerprint density at radius 1 is 1.53 bits per heavy atom. The molecule has 2 rings (SSSR count). The van der Waals surface area contributed by atoms with Crippen LogP contribution in [0.5, 0.6) is 0 Å². The van der Waals surface area contributed by atoms with Crippen molar-refractivity contribution in [2.45, 2.75) is 38.4 Å². The lowest BCUT2D eigenvalue weighted by atomic mass is 9.98. The monoisotopic (exact) mass is 262 g/mol. The highest BCUT2D eigenvalue weighted by molar-refractivity contribution is 5.89. The maximum absolute atomic E-state index is 11.5. The van der Waals surface area contributed by atoms with E-state index in [-0.39, 0.29) is 5.97 Å². The molecule has 1 saturated heterocycles. The fraction of sp³-hybridized carbons (Fsp3) is 0.533. The topological polar surface area (TPSA) is 55.6 Å². The van der Waals surface area contributed by atoms with Crippen LogP contribution in [0.1, 0.15) is 35.7 Å². The number of carbonyl (C=O) groups excluding carboxylic acids is 1. The van der Waals surface area contributed by atoms with Crippen LogP contribution in [0.15, 0.2) is 24.3 Å². The average molecular weight is 262 g/mol. The summed E-state index contributed by atoms with van der Waals surface area (Å²) in [6, 6.07) is 8.46. The molecular formula is C15H22N2O2. The van der Waals surface area contributed by atoms with Crippen molar-refractivity contribution >= 4 is 5.97 Å². The highest BCUT2D eigenvalue weighted by Gasteiger charge is 2.23. The molecule has 1 aromatic carbocycles. The van der Waals surface area contributed by atoms with E-state index in [1.807, 2.05) is 18.2 Å². The van der Waals surface area contributed by atoms with E-state index in [0.717, 1.165) is 31.5 Å². The SMILES string of the molecule is COC(=O)c1cccc(CN2CCC(N)CC2C)c1. The number of ether oxygens (including phenoxy) is 1. The third kappa shape index (κ3) is 3.55. The first kappa shape index (κ1) is 14.0. The molecule has 2 N–H and O–H groups in total. The molecule has 4 heteroatoms. The van der Waals surface area contributed by atoms with E-state index in [1.54, 1.807) is 6.07 Å². The fourth-order valence-electron chi connectivity index (χ4n) is 2.64. The van der Waals surface area contributed by atoms with Gasteiger partial charge in [-0.25, -0.2) is 4.79 Å². The smallest absolute Gasteiger partial charge is 0.337 e. The van der Waals surface area contributed by atoms with Crippen molar-refractivity contribution in [3.63, 3.8) is 0 Å². The molecule has 19 heavy (non-hydrogen) atoms. The number of piperidine rings is 1. The largest absolute Gasteiger partial charge is 0.465 e. The van der Waals surface area contributed by atoms with E-state index in [1.165, 1.54) is 7.11 Å². The van der Waals surface area contributed by atoms with Gasteiger partial charge in [-0.15, -0.1) is 0 Å². The summed E-state index contributed by atoms with van der Waals surface area (Å²) in [7, 11) is 1.41. The van der Waals surface area contributed by atoms with Gasteiger partial charge >= 0.3 is 5.97 Å². The molecule has 0 aromatic heterocycles. The summed E-state index contributed by atoms with van der Waals surface area (Å²) >= 11 is 0. The van der Waals surface area contributed by atoms with Crippen molar-refractivity contribution in [3.05, 3.63) is 35.4 Å². The molecule has 0 bridgehead atoms. The zero-order valence-electron chi connectivity index (χ0n) is 11.6. The molecular weight excluding hydrogens is 240 g/mol. The van der Waals surface area contributed by atoms with Crippen molar-refractivity contribution in [2.75, 3.05) is 13.7 Å². The summed E-state index contributed by atoms with van der Waals surface area (Å²) in [4.78, 5) is 13.9. The second-order valence-corrected chi connectivity index (χ2v) is 5.30. The van der Waals surface area contributed by atoms with Crippen molar-refractivity contribution in [3.8, 4) is 0 Å². The van der Waals surface area contributed by atoms with Crippen LogP contribution in [-0.2, 0) is 11.3 Å². The number of likely N-dealkylation sites (tertiary alicyclic amines) is 1. The highest BCUT2D eigenvalue weighted by Crippen LogP contribution is 2.19. The number of methoxy groups -OCH3 is 1. The van der Waals surface area contributed by atoms with Gasteiger partial charge < -0.3 is 10.5 Å². The lowest BCUT2D eigenvalue weighted by Gasteiger charge is -2.36. The van der Waals surface area contributed by atoms with E-state index in [4.69, 9.17) is 10.5 Å². The summed E-state index contributed by atoms with van der Waals surface area (Å²) < 4.78 is 4.75. The third-order valence-electron chi connectivity index (χ3n) is 3.79. The van der Waals surface area contributed by atoms with Gasteiger partial charge in [-0.05, 0) is 37.5 Å². The minimum atomic E-state index is -0.282. The van der Waals surface area contributed by atoms with Gasteiger partial charge in [0, 0.05) is 25.2 Å². The number of hydrogen-bond donors (Lipinski definition) is 1. The van der Waals surface area contributed by atoms with Crippen LogP contribution >= 0.6 is 0 Å². The Balaban J connectivity index is 2.04. The predicted octanol–water partition coefficient (Wildman–Crippen LogP) is 1.78. The lowest BCUT2D eigenvalue weighted by Crippen LogP contribution is -2.44. The van der Waals surface area contributed by atoms with Crippen LogP contribution < -0.4 is 5.73 Å². The van der Waals surface area contributed by atoms with E-state index in [0.29, 0.717) is 17.6 Å². The van der Waals surface area contributed by atoms with Gasteiger partial charge in [0.1, 0.15) is 0 Å². The molecule has 0 saturated carbocycles. The van der Waals surface area contributed by atoms with Crippen molar-refractivity contribution in [2.24, 2.45) is 5.73 Å². The number of hydrogen-bond acceptors (Lipinski definition) is 4. The molecule has 4 nitrogen and oxygen atoms in total. The number of esters is 1. The fourth-order valence-corrected chi connectivity index (χ4v) is 2.64. The maximum atomic E-state index is 11.5. The third-order valence-corrected chi connectivity index (χ3v) is 3.79. The molecule has 0 radical (unpaired) electrons. The van der Waals surface area contributed by atoms with Crippen LogP contribution in [-0.4, -0.2) is 36.6 Å². The Hall–Kier alpha value is -1.39. The van der Waals surface area contributed by atoms with Crippen molar-refractivity contribution in [1.29, 1.82) is 0 Å². The Morgan fingerprint density at radius 3 is 3.00 bits per heavy atom. The second kappa shape index (κ2) is 6.17. The predicted molar refractivity (Wildman–Crippen MR) is 74.9 cm³/mol. The number of rotatable bonds is 3. The van der Waals surface area contributed by atoms with Crippen LogP contribution in [0.2, 0.25) is 0 Å². The molecule has 0 aliphatic carbocycles. The molecule has 1 fully saturated rings. The van der Waals surface area contributed by atoms with Gasteiger partial charge in [0.2, 0.25) is 0 Å². The van der Waals surface area contributed by atoms with Gasteiger partial charge in [-0.3, -0.25) is 4.90 Å². The summed E-state index contributed by atoms with van der Waals surface area (Å²) in [5, 5.41) is 0. The highest BCUT2D eigenvalue weighted by atomic mass is 16.5. The minimum Gasteiger partial charge on any atom is -0.465 e. The van der Waals surface area contributed by atoms with Crippen molar-refractivity contribution < 1.29 is 9.53 Å². The van der Waals surface area contributed by atoms with Gasteiger partial charge in [0.05, 0.1) is 12.7 Å². The Kier molecular flexibility index (Phi) is 4.56. The Labute approximate surface area is 114 Å². The zero-order valence-corrected chi connectivity index (χ0v) is 11.6. The number of benzene rings is 1. The molecule has 1 heterocycles. The van der Waals surface area contributed by atoms with Gasteiger partial charge in [-0.1, -0.05) is 12.1 Å². The lowest BCUT2D eigenvalue weighted by molar-refractivity contribution is 0.0600. The first-order valence-corrected chi connectivity index (χ1v) is 6.77. The van der Waals surface area contributed by atoms with Gasteiger partial charge in [0.15, 0.2) is 0 Å². The minimum absolute atomic E-state index is 0.282. The normalized spacial score (nSPS) is 24.2. The summed E-state index contributed by atoms with van der Waals surface area (Å²) in [6.07, 6.45) is 2.08. The number of carbonyl (C=O) groups is 1. The summed E-state index contributed by atoms with van der Waals surface area (Å²) in [5.74, 6) is -0.282. The Bertz CT molecular complexity index is 448. The Morgan fingerprint density at radius 2 is 2.32 bits per heavy atom. The first-order valence-electron chi connectivity index (χ1n) is 6.77. The van der Waals surface area contributed by atoms with Crippen molar-refractivity contribution in [1.82, 2.24) is 4.90 Å². The summed E-state index contributed by atoms with van der Waals surface area (Å²) in [6.45, 7) is 4.09. The maximum Gasteiger partial charge on any atom is 0.337 e. The molecule has 104 valence electrons. The quantitative estimate of drug-likeness (QED) is 0.844. The average Bonchev–Trinajstić information content (AvgIpc) is 2.41. The molecule has 2 atom stereocenters. The van der Waals surface area contributed by atoms with E-state index >= 15 is 0 Å². The van der Waals surface area contributed by atoms with Crippen LogP contribution in [0.4, 0.5) is 0 Å². The van der Waals surface area contributed by atoms with Crippen LogP contribution in [0, 0.1) is 0 Å². The summed E-state index contributed by atoms with van der Waals surface area (Å²) in [5.41, 5.74) is 7.73. The van der Waals surface area contributed by atoms with Crippen LogP contribution in [0.25, 0.3) is 0 Å². The number of nitrogens with zero attached hydrogens (tertiary/aromatic N) is 1. The molecule has 1 aromatic rings.